The van der Waals surface area contributed by atoms with Crippen LogP contribution in [-0.4, -0.2) is 29.7 Å². The first-order chi connectivity index (χ1) is 7.11. The van der Waals surface area contributed by atoms with Gasteiger partial charge in [0.1, 0.15) is 6.04 Å². The van der Waals surface area contributed by atoms with Crippen molar-refractivity contribution in [2.45, 2.75) is 51.1 Å². The molecule has 4 heteroatoms. The monoisotopic (exact) mass is 214 g/mol. The van der Waals surface area contributed by atoms with Crippen molar-refractivity contribution in [2.24, 2.45) is 11.7 Å². The van der Waals surface area contributed by atoms with Crippen LogP contribution in [0.4, 0.5) is 0 Å². The minimum atomic E-state index is -0.932. The second kappa shape index (κ2) is 6.08. The van der Waals surface area contributed by atoms with E-state index in [4.69, 9.17) is 10.8 Å². The highest BCUT2D eigenvalue weighted by atomic mass is 16.4. The van der Waals surface area contributed by atoms with Gasteiger partial charge < -0.3 is 16.2 Å². The highest BCUT2D eigenvalue weighted by Gasteiger charge is 2.21. The van der Waals surface area contributed by atoms with Crippen LogP contribution in [0.3, 0.4) is 0 Å². The minimum absolute atomic E-state index is 0.368. The highest BCUT2D eigenvalue weighted by molar-refractivity contribution is 5.73. The van der Waals surface area contributed by atoms with Crippen molar-refractivity contribution in [1.82, 2.24) is 5.32 Å². The number of carboxylic acids is 1. The predicted octanol–water partition coefficient (Wildman–Crippen LogP) is 0.957. The molecule has 2 atom stereocenters. The van der Waals surface area contributed by atoms with Gasteiger partial charge in [0.05, 0.1) is 0 Å². The lowest BCUT2D eigenvalue weighted by Gasteiger charge is -2.28. The standard InChI is InChI=1S/C11H22N2O2/c1-8(9-5-3-2-4-6-9)13-7-10(12)11(14)15/h8-10,13H,2-7,12H2,1H3,(H,14,15). The molecule has 1 saturated carbocycles. The average molecular weight is 214 g/mol. The summed E-state index contributed by atoms with van der Waals surface area (Å²) in [4.78, 5) is 10.5. The molecule has 2 unspecified atom stereocenters. The largest absolute Gasteiger partial charge is 0.480 e. The number of rotatable bonds is 5. The van der Waals surface area contributed by atoms with Gasteiger partial charge in [-0.25, -0.2) is 0 Å². The Morgan fingerprint density at radius 2 is 2.07 bits per heavy atom. The molecule has 88 valence electrons. The lowest BCUT2D eigenvalue weighted by Crippen LogP contribution is -2.45. The summed E-state index contributed by atoms with van der Waals surface area (Å²) < 4.78 is 0. The highest BCUT2D eigenvalue weighted by Crippen LogP contribution is 2.26. The average Bonchev–Trinajstić information content (AvgIpc) is 2.26. The maximum atomic E-state index is 10.5. The molecular weight excluding hydrogens is 192 g/mol. The molecule has 1 aliphatic carbocycles. The van der Waals surface area contributed by atoms with E-state index in [9.17, 15) is 4.79 Å². The molecule has 1 fully saturated rings. The molecule has 0 heterocycles. The molecule has 4 N–H and O–H groups in total. The number of carbonyl (C=O) groups is 1. The molecule has 1 aliphatic rings. The van der Waals surface area contributed by atoms with E-state index in [1.54, 1.807) is 0 Å². The molecule has 0 radical (unpaired) electrons. The van der Waals surface area contributed by atoms with Crippen molar-refractivity contribution in [3.05, 3.63) is 0 Å². The van der Waals surface area contributed by atoms with Crippen molar-refractivity contribution in [1.29, 1.82) is 0 Å². The first kappa shape index (κ1) is 12.5. The number of hydrogen-bond acceptors (Lipinski definition) is 3. The molecule has 0 aromatic rings. The number of aliphatic carboxylic acids is 1. The Hall–Kier alpha value is -0.610. The van der Waals surface area contributed by atoms with Gasteiger partial charge in [-0.3, -0.25) is 4.79 Å². The Morgan fingerprint density at radius 3 is 2.60 bits per heavy atom. The van der Waals surface area contributed by atoms with Gasteiger partial charge in [-0.2, -0.15) is 0 Å². The van der Waals surface area contributed by atoms with E-state index >= 15 is 0 Å². The number of nitrogens with two attached hydrogens (primary N) is 1. The lowest BCUT2D eigenvalue weighted by atomic mass is 9.84. The number of carboxylic acid groups (broad SMARTS) is 1. The Bertz CT molecular complexity index is 203. The molecule has 0 aromatic carbocycles. The van der Waals surface area contributed by atoms with Crippen LogP contribution >= 0.6 is 0 Å². The van der Waals surface area contributed by atoms with E-state index in [-0.39, 0.29) is 0 Å². The molecule has 0 amide bonds. The van der Waals surface area contributed by atoms with Crippen molar-refractivity contribution < 1.29 is 9.90 Å². The molecule has 4 nitrogen and oxygen atoms in total. The first-order valence-corrected chi connectivity index (χ1v) is 5.83. The fraction of sp³-hybridized carbons (Fsp3) is 0.909. The lowest BCUT2D eigenvalue weighted by molar-refractivity contribution is -0.138. The van der Waals surface area contributed by atoms with Crippen molar-refractivity contribution in [2.75, 3.05) is 6.54 Å². The maximum Gasteiger partial charge on any atom is 0.321 e. The fourth-order valence-electron chi connectivity index (χ4n) is 2.20. The van der Waals surface area contributed by atoms with Crippen LogP contribution in [0.5, 0.6) is 0 Å². The Kier molecular flexibility index (Phi) is 5.05. The third-order valence-electron chi connectivity index (χ3n) is 3.33. The van der Waals surface area contributed by atoms with Gasteiger partial charge in [0.2, 0.25) is 0 Å². The minimum Gasteiger partial charge on any atom is -0.480 e. The summed E-state index contributed by atoms with van der Waals surface area (Å²) in [6.07, 6.45) is 6.48. The van der Waals surface area contributed by atoms with E-state index in [0.717, 1.165) is 0 Å². The van der Waals surface area contributed by atoms with E-state index in [1.165, 1.54) is 32.1 Å². The summed E-state index contributed by atoms with van der Waals surface area (Å²) in [5.41, 5.74) is 5.43. The van der Waals surface area contributed by atoms with Crippen LogP contribution in [-0.2, 0) is 4.79 Å². The molecule has 0 aliphatic heterocycles. The zero-order valence-corrected chi connectivity index (χ0v) is 9.41. The second-order valence-corrected chi connectivity index (χ2v) is 4.54. The topological polar surface area (TPSA) is 75.3 Å². The predicted molar refractivity (Wildman–Crippen MR) is 59.7 cm³/mol. The summed E-state index contributed by atoms with van der Waals surface area (Å²) >= 11 is 0. The van der Waals surface area contributed by atoms with Gasteiger partial charge >= 0.3 is 5.97 Å². The molecule has 0 spiro atoms. The van der Waals surface area contributed by atoms with E-state index < -0.39 is 12.0 Å². The summed E-state index contributed by atoms with van der Waals surface area (Å²) in [6.45, 7) is 2.50. The van der Waals surface area contributed by atoms with Gasteiger partial charge in [0, 0.05) is 12.6 Å². The van der Waals surface area contributed by atoms with Crippen LogP contribution in [0, 0.1) is 5.92 Å². The number of nitrogens with one attached hydrogen (secondary N) is 1. The number of hydrogen-bond donors (Lipinski definition) is 3. The quantitative estimate of drug-likeness (QED) is 0.637. The molecule has 0 saturated heterocycles. The second-order valence-electron chi connectivity index (χ2n) is 4.54. The molecule has 15 heavy (non-hydrogen) atoms. The summed E-state index contributed by atoms with van der Waals surface area (Å²) in [5.74, 6) is -0.238. The van der Waals surface area contributed by atoms with Crippen LogP contribution in [0.15, 0.2) is 0 Å². The van der Waals surface area contributed by atoms with Gasteiger partial charge in [-0.05, 0) is 25.7 Å². The maximum absolute atomic E-state index is 10.5. The summed E-state index contributed by atoms with van der Waals surface area (Å²) in [5, 5.41) is 11.9. The van der Waals surface area contributed by atoms with Gasteiger partial charge in [0.15, 0.2) is 0 Å². The molecule has 1 rings (SSSR count). The Labute approximate surface area is 91.2 Å². The third kappa shape index (κ3) is 4.18. The van der Waals surface area contributed by atoms with E-state index in [0.29, 0.717) is 18.5 Å². The zero-order valence-electron chi connectivity index (χ0n) is 9.41. The zero-order chi connectivity index (χ0) is 11.3. The smallest absolute Gasteiger partial charge is 0.321 e. The van der Waals surface area contributed by atoms with Gasteiger partial charge in [-0.1, -0.05) is 19.3 Å². The van der Waals surface area contributed by atoms with Crippen molar-refractivity contribution in [3.8, 4) is 0 Å². The molecule has 0 bridgehead atoms. The summed E-state index contributed by atoms with van der Waals surface area (Å²) in [7, 11) is 0. The molecular formula is C11H22N2O2. The van der Waals surface area contributed by atoms with Crippen molar-refractivity contribution >= 4 is 5.97 Å². The van der Waals surface area contributed by atoms with E-state index in [2.05, 4.69) is 12.2 Å². The summed E-state index contributed by atoms with van der Waals surface area (Å²) in [6, 6.07) is -0.397. The van der Waals surface area contributed by atoms with Crippen LogP contribution in [0.25, 0.3) is 0 Å². The van der Waals surface area contributed by atoms with E-state index in [1.807, 2.05) is 0 Å². The van der Waals surface area contributed by atoms with Gasteiger partial charge in [0.25, 0.3) is 0 Å². The van der Waals surface area contributed by atoms with Crippen molar-refractivity contribution in [3.63, 3.8) is 0 Å². The fourth-order valence-corrected chi connectivity index (χ4v) is 2.20. The Balaban J connectivity index is 2.22. The molecule has 0 aromatic heterocycles. The Morgan fingerprint density at radius 1 is 1.47 bits per heavy atom. The van der Waals surface area contributed by atoms with Crippen LogP contribution in [0.1, 0.15) is 39.0 Å². The van der Waals surface area contributed by atoms with Gasteiger partial charge in [-0.15, -0.1) is 0 Å². The van der Waals surface area contributed by atoms with Crippen LogP contribution < -0.4 is 11.1 Å². The first-order valence-electron chi connectivity index (χ1n) is 5.83. The SMILES string of the molecule is CC(NCC(N)C(=O)O)C1CCCCC1. The van der Waals surface area contributed by atoms with Crippen LogP contribution in [0.2, 0.25) is 0 Å². The normalized spacial score (nSPS) is 22.3. The third-order valence-corrected chi connectivity index (χ3v) is 3.33.